The van der Waals surface area contributed by atoms with Gasteiger partial charge in [0.2, 0.25) is 5.91 Å². The summed E-state index contributed by atoms with van der Waals surface area (Å²) in [5.74, 6) is -0.169. The molecule has 2 aromatic carbocycles. The SMILES string of the molecule is Cc1[nH]nc2ccc(-c3ccc(CC(C#N)NC(=O)C4C5CCC(C5)N4C(=O)OC(C)(C)C)cc3)cc12. The van der Waals surface area contributed by atoms with Crippen molar-refractivity contribution in [2.24, 2.45) is 5.92 Å². The first-order chi connectivity index (χ1) is 17.6. The highest BCUT2D eigenvalue weighted by Crippen LogP contribution is 2.43. The molecule has 37 heavy (non-hydrogen) atoms. The third kappa shape index (κ3) is 5.04. The minimum atomic E-state index is -0.692. The lowest BCUT2D eigenvalue weighted by atomic mass is 9.97. The molecule has 4 unspecified atom stereocenters. The van der Waals surface area contributed by atoms with Crippen molar-refractivity contribution in [3.8, 4) is 17.2 Å². The van der Waals surface area contributed by atoms with E-state index in [0.717, 1.165) is 52.5 Å². The van der Waals surface area contributed by atoms with Crippen LogP contribution < -0.4 is 5.32 Å². The van der Waals surface area contributed by atoms with Crippen molar-refractivity contribution in [3.63, 3.8) is 0 Å². The van der Waals surface area contributed by atoms with Gasteiger partial charge in [0.05, 0.1) is 11.6 Å². The predicted molar refractivity (Wildman–Crippen MR) is 141 cm³/mol. The number of aromatic nitrogens is 2. The molecule has 1 saturated carbocycles. The topological polar surface area (TPSA) is 111 Å². The highest BCUT2D eigenvalue weighted by molar-refractivity contribution is 5.88. The van der Waals surface area contributed by atoms with E-state index in [1.165, 1.54) is 0 Å². The number of nitriles is 1. The molecule has 2 fully saturated rings. The molecule has 1 saturated heterocycles. The van der Waals surface area contributed by atoms with Gasteiger partial charge in [0.15, 0.2) is 0 Å². The summed E-state index contributed by atoms with van der Waals surface area (Å²) in [5, 5.41) is 21.1. The molecule has 0 spiro atoms. The highest BCUT2D eigenvalue weighted by Gasteiger charge is 2.52. The smallest absolute Gasteiger partial charge is 0.411 e. The maximum atomic E-state index is 13.3. The molecule has 4 atom stereocenters. The average Bonchev–Trinajstić information content (AvgIpc) is 3.58. The molecule has 8 nitrogen and oxygen atoms in total. The van der Waals surface area contributed by atoms with Crippen LogP contribution in [-0.2, 0) is 16.0 Å². The third-order valence-electron chi connectivity index (χ3n) is 7.40. The Hall–Kier alpha value is -3.86. The zero-order valence-electron chi connectivity index (χ0n) is 21.7. The second kappa shape index (κ2) is 9.55. The summed E-state index contributed by atoms with van der Waals surface area (Å²) < 4.78 is 5.59. The second-order valence-electron chi connectivity index (χ2n) is 11.2. The van der Waals surface area contributed by atoms with E-state index in [9.17, 15) is 14.9 Å². The van der Waals surface area contributed by atoms with E-state index in [2.05, 4.69) is 27.6 Å². The number of ether oxygens (including phenoxy) is 1. The number of likely N-dealkylation sites (tertiary alicyclic amines) is 1. The van der Waals surface area contributed by atoms with Crippen LogP contribution in [0.15, 0.2) is 42.5 Å². The van der Waals surface area contributed by atoms with Gasteiger partial charge in [-0.05, 0) is 81.7 Å². The molecular formula is C29H33N5O3. The summed E-state index contributed by atoms with van der Waals surface area (Å²) in [5.41, 5.74) is 4.44. The summed E-state index contributed by atoms with van der Waals surface area (Å²) in [6.45, 7) is 7.47. The number of carbonyl (C=O) groups excluding carboxylic acids is 2. The van der Waals surface area contributed by atoms with Crippen molar-refractivity contribution in [1.29, 1.82) is 5.26 Å². The van der Waals surface area contributed by atoms with Gasteiger partial charge in [0.1, 0.15) is 17.7 Å². The molecule has 1 aromatic heterocycles. The largest absolute Gasteiger partial charge is 0.444 e. The minimum absolute atomic E-state index is 0.0220. The van der Waals surface area contributed by atoms with Crippen molar-refractivity contribution >= 4 is 22.9 Å². The summed E-state index contributed by atoms with van der Waals surface area (Å²) in [4.78, 5) is 27.8. The number of nitrogens with one attached hydrogen (secondary N) is 2. The van der Waals surface area contributed by atoms with E-state index < -0.39 is 23.8 Å². The minimum Gasteiger partial charge on any atom is -0.444 e. The van der Waals surface area contributed by atoms with Crippen molar-refractivity contribution < 1.29 is 14.3 Å². The first kappa shape index (κ1) is 24.8. The van der Waals surface area contributed by atoms with Crippen LogP contribution in [0, 0.1) is 24.2 Å². The molecule has 2 aliphatic rings. The Balaban J connectivity index is 1.26. The number of aromatic amines is 1. The van der Waals surface area contributed by atoms with E-state index in [1.807, 2.05) is 64.1 Å². The number of hydrogen-bond acceptors (Lipinski definition) is 5. The first-order valence-electron chi connectivity index (χ1n) is 12.9. The van der Waals surface area contributed by atoms with E-state index in [1.54, 1.807) is 4.90 Å². The number of rotatable bonds is 5. The third-order valence-corrected chi connectivity index (χ3v) is 7.40. The van der Waals surface area contributed by atoms with Crippen molar-refractivity contribution in [1.82, 2.24) is 20.4 Å². The van der Waals surface area contributed by atoms with Crippen LogP contribution in [0.3, 0.4) is 0 Å². The van der Waals surface area contributed by atoms with Gasteiger partial charge in [0.25, 0.3) is 0 Å². The van der Waals surface area contributed by atoms with E-state index in [-0.39, 0.29) is 17.9 Å². The summed E-state index contributed by atoms with van der Waals surface area (Å²) >= 11 is 0. The number of hydrogen-bond donors (Lipinski definition) is 2. The van der Waals surface area contributed by atoms with Gasteiger partial charge in [-0.2, -0.15) is 10.4 Å². The first-order valence-corrected chi connectivity index (χ1v) is 12.9. The molecule has 2 N–H and O–H groups in total. The molecule has 8 heteroatoms. The molecule has 0 radical (unpaired) electrons. The number of fused-ring (bicyclic) bond motifs is 3. The normalized spacial score (nSPS) is 21.6. The Kier molecular flexibility index (Phi) is 6.40. The number of amides is 2. The molecule has 2 heterocycles. The number of aryl methyl sites for hydroxylation is 1. The van der Waals surface area contributed by atoms with Crippen molar-refractivity contribution in [2.75, 3.05) is 0 Å². The monoisotopic (exact) mass is 499 g/mol. The Morgan fingerprint density at radius 3 is 2.62 bits per heavy atom. The van der Waals surface area contributed by atoms with Gasteiger partial charge in [-0.1, -0.05) is 30.3 Å². The number of piperidine rings is 1. The van der Waals surface area contributed by atoms with E-state index >= 15 is 0 Å². The maximum absolute atomic E-state index is 13.3. The van der Waals surface area contributed by atoms with Gasteiger partial charge in [-0.3, -0.25) is 14.8 Å². The Bertz CT molecular complexity index is 1360. The highest BCUT2D eigenvalue weighted by atomic mass is 16.6. The molecule has 1 aliphatic heterocycles. The quantitative estimate of drug-likeness (QED) is 0.520. The standard InChI is InChI=1S/C29H33N5O3/c1-17-24-15-20(10-12-25(24)33-32-17)19-7-5-18(6-8-19)13-22(16-30)31-27(35)26-21-9-11-23(14-21)34(26)28(36)37-29(2,3)4/h5-8,10,12,15,21-23,26H,9,11,13-14H2,1-4H3,(H,31,35)(H,32,33). The molecular weight excluding hydrogens is 466 g/mol. The number of H-pyrrole nitrogens is 1. The molecule has 1 aliphatic carbocycles. The molecule has 192 valence electrons. The van der Waals surface area contributed by atoms with Gasteiger partial charge in [-0.15, -0.1) is 0 Å². The van der Waals surface area contributed by atoms with Crippen LogP contribution in [0.25, 0.3) is 22.0 Å². The predicted octanol–water partition coefficient (Wildman–Crippen LogP) is 4.88. The van der Waals surface area contributed by atoms with Crippen LogP contribution >= 0.6 is 0 Å². The van der Waals surface area contributed by atoms with Gasteiger partial charge < -0.3 is 10.1 Å². The molecule has 3 aromatic rings. The zero-order valence-corrected chi connectivity index (χ0v) is 21.7. The zero-order chi connectivity index (χ0) is 26.3. The lowest BCUT2D eigenvalue weighted by Gasteiger charge is -2.35. The Morgan fingerprint density at radius 2 is 1.92 bits per heavy atom. The second-order valence-corrected chi connectivity index (χ2v) is 11.2. The van der Waals surface area contributed by atoms with Crippen LogP contribution in [0.5, 0.6) is 0 Å². The van der Waals surface area contributed by atoms with Crippen LogP contribution in [0.2, 0.25) is 0 Å². The fourth-order valence-corrected chi connectivity index (χ4v) is 5.68. The summed E-state index contributed by atoms with van der Waals surface area (Å²) in [6.07, 6.45) is 2.53. The van der Waals surface area contributed by atoms with Crippen LogP contribution in [-0.4, -0.2) is 50.8 Å². The van der Waals surface area contributed by atoms with Gasteiger partial charge in [0, 0.05) is 23.5 Å². The lowest BCUT2D eigenvalue weighted by molar-refractivity contribution is -0.128. The summed E-state index contributed by atoms with van der Waals surface area (Å²) in [7, 11) is 0. The Labute approximate surface area is 217 Å². The van der Waals surface area contributed by atoms with E-state index in [0.29, 0.717) is 6.42 Å². The summed E-state index contributed by atoms with van der Waals surface area (Å²) in [6, 6.07) is 15.2. The lowest BCUT2D eigenvalue weighted by Crippen LogP contribution is -2.55. The van der Waals surface area contributed by atoms with Crippen LogP contribution in [0.1, 0.15) is 51.3 Å². The number of nitrogens with zero attached hydrogens (tertiary/aromatic N) is 3. The molecule has 2 amide bonds. The number of benzene rings is 2. The van der Waals surface area contributed by atoms with E-state index in [4.69, 9.17) is 4.74 Å². The Morgan fingerprint density at radius 1 is 1.19 bits per heavy atom. The van der Waals surface area contributed by atoms with Crippen molar-refractivity contribution in [2.45, 2.75) is 77.1 Å². The maximum Gasteiger partial charge on any atom is 0.411 e. The van der Waals surface area contributed by atoms with Gasteiger partial charge in [-0.25, -0.2) is 4.79 Å². The average molecular weight is 500 g/mol. The van der Waals surface area contributed by atoms with Gasteiger partial charge >= 0.3 is 6.09 Å². The van der Waals surface area contributed by atoms with Crippen molar-refractivity contribution in [3.05, 3.63) is 53.7 Å². The fraction of sp³-hybridized carbons (Fsp3) is 0.448. The fourth-order valence-electron chi connectivity index (χ4n) is 5.68. The van der Waals surface area contributed by atoms with Crippen LogP contribution in [0.4, 0.5) is 4.79 Å². The molecule has 2 bridgehead atoms. The molecule has 5 rings (SSSR count). The number of carbonyl (C=O) groups is 2.